The normalized spacial score (nSPS) is 11.0. The van der Waals surface area contributed by atoms with E-state index in [4.69, 9.17) is 34.8 Å². The maximum atomic E-state index is 12.8. The van der Waals surface area contributed by atoms with Crippen molar-refractivity contribution in [2.45, 2.75) is 6.54 Å². The number of hydrogen-bond donors (Lipinski definition) is 1. The molecular formula is C19H12Cl3N5O2. The van der Waals surface area contributed by atoms with Gasteiger partial charge in [0.1, 0.15) is 18.3 Å². The molecule has 1 N–H and O–H groups in total. The van der Waals surface area contributed by atoms with Gasteiger partial charge >= 0.3 is 0 Å². The summed E-state index contributed by atoms with van der Waals surface area (Å²) in [5.74, 6) is -0.445. The molecule has 2 aromatic carbocycles. The second-order valence-corrected chi connectivity index (χ2v) is 7.32. The van der Waals surface area contributed by atoms with Crippen LogP contribution in [0.15, 0.2) is 59.8 Å². The number of aromatic nitrogens is 4. The lowest BCUT2D eigenvalue weighted by Gasteiger charge is -2.09. The zero-order chi connectivity index (χ0) is 20.5. The summed E-state index contributed by atoms with van der Waals surface area (Å²) in [6.07, 6.45) is 2.71. The minimum atomic E-state index is -0.445. The molecule has 4 rings (SSSR count). The molecule has 146 valence electrons. The van der Waals surface area contributed by atoms with E-state index >= 15 is 0 Å². The molecule has 10 heteroatoms. The summed E-state index contributed by atoms with van der Waals surface area (Å²) >= 11 is 18.0. The van der Waals surface area contributed by atoms with Crippen molar-refractivity contribution in [3.8, 4) is 5.69 Å². The van der Waals surface area contributed by atoms with Gasteiger partial charge in [-0.15, -0.1) is 0 Å². The molecule has 0 atom stereocenters. The van der Waals surface area contributed by atoms with Gasteiger partial charge in [-0.1, -0.05) is 46.9 Å². The number of nitrogens with one attached hydrogen (secondary N) is 1. The largest absolute Gasteiger partial charge is 0.323 e. The monoisotopic (exact) mass is 447 g/mol. The Balaban J connectivity index is 1.62. The Kier molecular flexibility index (Phi) is 5.27. The van der Waals surface area contributed by atoms with Crippen LogP contribution < -0.4 is 10.9 Å². The van der Waals surface area contributed by atoms with Gasteiger partial charge in [-0.25, -0.2) is 9.67 Å². The van der Waals surface area contributed by atoms with Gasteiger partial charge in [0.2, 0.25) is 5.91 Å². The molecule has 0 bridgehead atoms. The second-order valence-electron chi connectivity index (χ2n) is 6.10. The molecule has 4 aromatic rings. The average Bonchev–Trinajstić information content (AvgIpc) is 3.12. The number of nitrogens with zero attached hydrogens (tertiary/aromatic N) is 4. The minimum absolute atomic E-state index is 0.228. The summed E-state index contributed by atoms with van der Waals surface area (Å²) in [7, 11) is 0. The number of carbonyl (C=O) groups is 1. The first-order valence-electron chi connectivity index (χ1n) is 8.37. The van der Waals surface area contributed by atoms with Gasteiger partial charge in [-0.3, -0.25) is 14.2 Å². The van der Waals surface area contributed by atoms with E-state index in [2.05, 4.69) is 15.4 Å². The Morgan fingerprint density at radius 3 is 2.69 bits per heavy atom. The van der Waals surface area contributed by atoms with Gasteiger partial charge in [0.25, 0.3) is 5.56 Å². The van der Waals surface area contributed by atoms with Crippen molar-refractivity contribution < 1.29 is 4.79 Å². The Morgan fingerprint density at radius 1 is 1.10 bits per heavy atom. The van der Waals surface area contributed by atoms with Crippen LogP contribution in [0.5, 0.6) is 0 Å². The quantitative estimate of drug-likeness (QED) is 0.508. The maximum Gasteiger partial charge on any atom is 0.264 e. The van der Waals surface area contributed by atoms with Gasteiger partial charge in [-0.05, 0) is 30.3 Å². The molecular weight excluding hydrogens is 437 g/mol. The molecule has 0 aliphatic rings. The van der Waals surface area contributed by atoms with Crippen LogP contribution in [0, 0.1) is 0 Å². The second kappa shape index (κ2) is 7.87. The fourth-order valence-electron chi connectivity index (χ4n) is 2.80. The fourth-order valence-corrected chi connectivity index (χ4v) is 3.34. The Bertz CT molecular complexity index is 1300. The summed E-state index contributed by atoms with van der Waals surface area (Å²) in [5, 5.41) is 8.22. The summed E-state index contributed by atoms with van der Waals surface area (Å²) in [4.78, 5) is 29.4. The maximum absolute atomic E-state index is 12.8. The van der Waals surface area contributed by atoms with Crippen molar-refractivity contribution >= 4 is 57.4 Å². The molecule has 29 heavy (non-hydrogen) atoms. The van der Waals surface area contributed by atoms with Crippen molar-refractivity contribution in [2.24, 2.45) is 0 Å². The summed E-state index contributed by atoms with van der Waals surface area (Å²) in [6, 6.07) is 11.9. The molecule has 1 amide bonds. The number of fused-ring (bicyclic) bond motifs is 1. The molecule has 0 saturated carbocycles. The molecule has 0 radical (unpaired) electrons. The smallest absolute Gasteiger partial charge is 0.264 e. The predicted molar refractivity (Wildman–Crippen MR) is 113 cm³/mol. The number of halogens is 3. The number of benzene rings is 2. The van der Waals surface area contributed by atoms with Gasteiger partial charge in [0.05, 0.1) is 27.6 Å². The predicted octanol–water partition coefficient (Wildman–Crippen LogP) is 4.18. The Hall–Kier alpha value is -2.87. The average molecular weight is 449 g/mol. The van der Waals surface area contributed by atoms with E-state index in [0.717, 1.165) is 0 Å². The minimum Gasteiger partial charge on any atom is -0.323 e. The van der Waals surface area contributed by atoms with E-state index in [1.165, 1.54) is 21.8 Å². The van der Waals surface area contributed by atoms with Gasteiger partial charge in [0.15, 0.2) is 5.65 Å². The van der Waals surface area contributed by atoms with Crippen molar-refractivity contribution in [1.29, 1.82) is 0 Å². The third-order valence-corrected chi connectivity index (χ3v) is 5.20. The molecule has 0 fully saturated rings. The molecule has 2 heterocycles. The fraction of sp³-hybridized carbons (Fsp3) is 0.0526. The van der Waals surface area contributed by atoms with Crippen LogP contribution in [0.25, 0.3) is 16.7 Å². The molecule has 0 spiro atoms. The van der Waals surface area contributed by atoms with Crippen molar-refractivity contribution in [3.63, 3.8) is 0 Å². The van der Waals surface area contributed by atoms with Crippen LogP contribution in [0.2, 0.25) is 15.1 Å². The van der Waals surface area contributed by atoms with Crippen LogP contribution in [0.1, 0.15) is 0 Å². The van der Waals surface area contributed by atoms with Crippen molar-refractivity contribution in [1.82, 2.24) is 19.3 Å². The molecule has 0 aliphatic heterocycles. The lowest BCUT2D eigenvalue weighted by atomic mass is 10.3. The lowest BCUT2D eigenvalue weighted by Crippen LogP contribution is -2.28. The number of anilines is 1. The SMILES string of the molecule is O=C(Cn1cnc2c(cnn2-c2cccc(Cl)c2)c1=O)Nc1cccc(Cl)c1Cl. The van der Waals surface area contributed by atoms with Gasteiger partial charge in [-0.2, -0.15) is 5.10 Å². The third kappa shape index (κ3) is 3.85. The lowest BCUT2D eigenvalue weighted by molar-refractivity contribution is -0.116. The van der Waals surface area contributed by atoms with Crippen molar-refractivity contribution in [3.05, 3.63) is 80.4 Å². The van der Waals surface area contributed by atoms with Crippen LogP contribution in [0.3, 0.4) is 0 Å². The van der Waals surface area contributed by atoms with E-state index in [1.54, 1.807) is 42.5 Å². The molecule has 2 aromatic heterocycles. The highest BCUT2D eigenvalue weighted by Gasteiger charge is 2.14. The van der Waals surface area contributed by atoms with Crippen LogP contribution in [-0.2, 0) is 11.3 Å². The third-order valence-electron chi connectivity index (χ3n) is 4.15. The molecule has 0 aliphatic carbocycles. The first-order valence-corrected chi connectivity index (χ1v) is 9.50. The van der Waals surface area contributed by atoms with Crippen LogP contribution >= 0.6 is 34.8 Å². The number of amides is 1. The van der Waals surface area contributed by atoms with E-state index in [9.17, 15) is 9.59 Å². The van der Waals surface area contributed by atoms with E-state index < -0.39 is 11.5 Å². The number of rotatable bonds is 4. The molecule has 7 nitrogen and oxygen atoms in total. The first-order chi connectivity index (χ1) is 13.9. The molecule has 0 saturated heterocycles. The first kappa shape index (κ1) is 19.4. The topological polar surface area (TPSA) is 81.8 Å². The highest BCUT2D eigenvalue weighted by molar-refractivity contribution is 6.44. The van der Waals surface area contributed by atoms with Gasteiger partial charge < -0.3 is 5.32 Å². The zero-order valence-corrected chi connectivity index (χ0v) is 16.9. The highest BCUT2D eigenvalue weighted by atomic mass is 35.5. The summed E-state index contributed by atoms with van der Waals surface area (Å²) in [6.45, 7) is -0.243. The Labute approximate surface area is 179 Å². The van der Waals surface area contributed by atoms with E-state index in [-0.39, 0.29) is 17.0 Å². The standard InChI is InChI=1S/C19H12Cl3N5O2/c20-11-3-1-4-12(7-11)27-18-13(8-24-27)19(29)26(10-23-18)9-16(28)25-15-6-2-5-14(21)17(15)22/h1-8,10H,9H2,(H,25,28). The summed E-state index contributed by atoms with van der Waals surface area (Å²) in [5.41, 5.74) is 1.01. The Morgan fingerprint density at radius 2 is 1.90 bits per heavy atom. The van der Waals surface area contributed by atoms with Crippen LogP contribution in [-0.4, -0.2) is 25.2 Å². The summed E-state index contributed by atoms with van der Waals surface area (Å²) < 4.78 is 2.71. The van der Waals surface area contributed by atoms with Crippen molar-refractivity contribution in [2.75, 3.05) is 5.32 Å². The van der Waals surface area contributed by atoms with E-state index in [0.29, 0.717) is 27.1 Å². The number of carbonyl (C=O) groups excluding carboxylic acids is 1. The van der Waals surface area contributed by atoms with E-state index in [1.807, 2.05) is 0 Å². The van der Waals surface area contributed by atoms with Crippen LogP contribution in [0.4, 0.5) is 5.69 Å². The number of hydrogen-bond acceptors (Lipinski definition) is 4. The highest BCUT2D eigenvalue weighted by Crippen LogP contribution is 2.29. The van der Waals surface area contributed by atoms with Gasteiger partial charge in [0, 0.05) is 5.02 Å². The molecule has 0 unspecified atom stereocenters. The zero-order valence-electron chi connectivity index (χ0n) is 14.6.